The summed E-state index contributed by atoms with van der Waals surface area (Å²) in [7, 11) is 1.62. The van der Waals surface area contributed by atoms with Gasteiger partial charge in [-0.05, 0) is 42.0 Å². The number of hydrogen-bond donors (Lipinski definition) is 1. The van der Waals surface area contributed by atoms with Crippen LogP contribution in [0.5, 0.6) is 11.5 Å². The van der Waals surface area contributed by atoms with Crippen molar-refractivity contribution in [1.29, 1.82) is 5.26 Å². The quantitative estimate of drug-likeness (QED) is 0.613. The average molecular weight is 414 g/mol. The van der Waals surface area contributed by atoms with Crippen molar-refractivity contribution in [3.8, 4) is 17.6 Å². The molecule has 0 bridgehead atoms. The van der Waals surface area contributed by atoms with Gasteiger partial charge in [-0.3, -0.25) is 0 Å². The van der Waals surface area contributed by atoms with Crippen molar-refractivity contribution < 1.29 is 13.9 Å². The number of benzene rings is 2. The number of oxazole rings is 1. The van der Waals surface area contributed by atoms with Gasteiger partial charge < -0.3 is 19.2 Å². The Hall–Kier alpha value is -2.98. The lowest BCUT2D eigenvalue weighted by atomic mass is 10.2. The van der Waals surface area contributed by atoms with Gasteiger partial charge in [0, 0.05) is 11.0 Å². The molecule has 0 saturated heterocycles. The van der Waals surface area contributed by atoms with Crippen LogP contribution in [0.3, 0.4) is 0 Å². The second-order valence-electron chi connectivity index (χ2n) is 5.34. The number of nitriles is 1. The Kier molecular flexibility index (Phi) is 5.77. The molecule has 26 heavy (non-hydrogen) atoms. The van der Waals surface area contributed by atoms with E-state index in [4.69, 9.17) is 13.9 Å². The fourth-order valence-electron chi connectivity index (χ4n) is 2.22. The van der Waals surface area contributed by atoms with Crippen molar-refractivity contribution >= 4 is 21.8 Å². The highest BCUT2D eigenvalue weighted by Crippen LogP contribution is 2.21. The maximum atomic E-state index is 9.24. The zero-order chi connectivity index (χ0) is 18.4. The van der Waals surface area contributed by atoms with E-state index in [1.54, 1.807) is 7.11 Å². The van der Waals surface area contributed by atoms with Gasteiger partial charge in [-0.2, -0.15) is 10.2 Å². The number of nitrogens with zero attached hydrogens (tertiary/aromatic N) is 2. The molecule has 0 aliphatic heterocycles. The van der Waals surface area contributed by atoms with Crippen molar-refractivity contribution in [2.45, 2.75) is 13.2 Å². The third kappa shape index (κ3) is 4.55. The van der Waals surface area contributed by atoms with Crippen molar-refractivity contribution in [3.05, 3.63) is 70.2 Å². The van der Waals surface area contributed by atoms with Gasteiger partial charge in [0.05, 0.1) is 7.11 Å². The minimum atomic E-state index is 0.139. The number of anilines is 1. The van der Waals surface area contributed by atoms with E-state index in [2.05, 4.69) is 26.2 Å². The van der Waals surface area contributed by atoms with E-state index in [9.17, 15) is 5.26 Å². The monoisotopic (exact) mass is 413 g/mol. The zero-order valence-electron chi connectivity index (χ0n) is 14.0. The Bertz CT molecular complexity index is 899. The van der Waals surface area contributed by atoms with Crippen LogP contribution in [0.2, 0.25) is 0 Å². The molecule has 0 aliphatic carbocycles. The smallest absolute Gasteiger partial charge is 0.236 e. The lowest BCUT2D eigenvalue weighted by Gasteiger charge is -2.05. The topological polar surface area (TPSA) is 80.3 Å². The van der Waals surface area contributed by atoms with Crippen LogP contribution < -0.4 is 14.8 Å². The van der Waals surface area contributed by atoms with Crippen LogP contribution in [0.25, 0.3) is 0 Å². The molecule has 0 fully saturated rings. The molecule has 2 aromatic carbocycles. The summed E-state index contributed by atoms with van der Waals surface area (Å²) >= 11 is 3.37. The Morgan fingerprint density at radius 3 is 2.46 bits per heavy atom. The molecular formula is C19H16BrN3O3. The van der Waals surface area contributed by atoms with Crippen LogP contribution in [0, 0.1) is 11.3 Å². The van der Waals surface area contributed by atoms with E-state index in [0.29, 0.717) is 24.1 Å². The average Bonchev–Trinajstić information content (AvgIpc) is 3.08. The summed E-state index contributed by atoms with van der Waals surface area (Å²) in [5.41, 5.74) is 1.23. The first-order valence-electron chi connectivity index (χ1n) is 7.83. The largest absolute Gasteiger partial charge is 0.497 e. The number of halogens is 1. The predicted octanol–water partition coefficient (Wildman–Crippen LogP) is 4.51. The first-order chi connectivity index (χ1) is 12.7. The molecule has 0 radical (unpaired) electrons. The number of rotatable bonds is 7. The molecule has 0 saturated carbocycles. The lowest BCUT2D eigenvalue weighted by molar-refractivity contribution is 0.264. The first kappa shape index (κ1) is 17.8. The molecule has 0 aliphatic rings. The van der Waals surface area contributed by atoms with Crippen LogP contribution in [-0.4, -0.2) is 12.1 Å². The summed E-state index contributed by atoms with van der Waals surface area (Å²) in [6.45, 7) is 0.640. The van der Waals surface area contributed by atoms with E-state index in [1.807, 2.05) is 54.6 Å². The summed E-state index contributed by atoms with van der Waals surface area (Å²) in [5, 5.41) is 12.3. The maximum absolute atomic E-state index is 9.24. The van der Waals surface area contributed by atoms with Crippen molar-refractivity contribution in [3.63, 3.8) is 0 Å². The molecule has 0 atom stereocenters. The van der Waals surface area contributed by atoms with E-state index in [1.165, 1.54) is 0 Å². The van der Waals surface area contributed by atoms with Crippen LogP contribution in [-0.2, 0) is 13.2 Å². The highest BCUT2D eigenvalue weighted by Gasteiger charge is 2.13. The SMILES string of the molecule is COc1ccc(CNc2oc(COc3ccc(Br)cc3)nc2C#N)cc1. The highest BCUT2D eigenvalue weighted by atomic mass is 79.9. The van der Waals surface area contributed by atoms with Gasteiger partial charge in [-0.25, -0.2) is 0 Å². The van der Waals surface area contributed by atoms with Gasteiger partial charge in [0.25, 0.3) is 0 Å². The third-order valence-electron chi connectivity index (χ3n) is 3.57. The molecule has 0 spiro atoms. The van der Waals surface area contributed by atoms with Crippen LogP contribution in [0.15, 0.2) is 57.4 Å². The predicted molar refractivity (Wildman–Crippen MR) is 100 cm³/mol. The molecule has 0 amide bonds. The molecule has 7 heteroatoms. The van der Waals surface area contributed by atoms with E-state index < -0.39 is 0 Å². The Morgan fingerprint density at radius 2 is 1.81 bits per heavy atom. The molecule has 1 N–H and O–H groups in total. The van der Waals surface area contributed by atoms with E-state index in [-0.39, 0.29) is 12.3 Å². The standard InChI is InChI=1S/C19H16BrN3O3/c1-24-15-6-2-13(3-7-15)11-22-19-17(10-21)23-18(26-19)12-25-16-8-4-14(20)5-9-16/h2-9,22H,11-12H2,1H3. The molecule has 132 valence electrons. The van der Waals surface area contributed by atoms with Gasteiger partial charge in [0.2, 0.25) is 17.5 Å². The normalized spacial score (nSPS) is 10.2. The van der Waals surface area contributed by atoms with Gasteiger partial charge in [0.15, 0.2) is 6.61 Å². The maximum Gasteiger partial charge on any atom is 0.236 e. The number of ether oxygens (including phenoxy) is 2. The van der Waals surface area contributed by atoms with Crippen molar-refractivity contribution in [2.75, 3.05) is 12.4 Å². The van der Waals surface area contributed by atoms with E-state index >= 15 is 0 Å². The summed E-state index contributed by atoms with van der Waals surface area (Å²) in [4.78, 5) is 4.16. The van der Waals surface area contributed by atoms with Gasteiger partial charge in [0.1, 0.15) is 17.6 Å². The summed E-state index contributed by atoms with van der Waals surface area (Å²) in [6.07, 6.45) is 0. The zero-order valence-corrected chi connectivity index (χ0v) is 15.6. The summed E-state index contributed by atoms with van der Waals surface area (Å²) < 4.78 is 17.3. The molecule has 1 heterocycles. The lowest BCUT2D eigenvalue weighted by Crippen LogP contribution is -1.99. The fraction of sp³-hybridized carbons (Fsp3) is 0.158. The van der Waals surface area contributed by atoms with Gasteiger partial charge >= 0.3 is 0 Å². The molecular weight excluding hydrogens is 398 g/mol. The fourth-order valence-corrected chi connectivity index (χ4v) is 2.49. The first-order valence-corrected chi connectivity index (χ1v) is 8.62. The third-order valence-corrected chi connectivity index (χ3v) is 4.09. The molecule has 3 rings (SSSR count). The van der Waals surface area contributed by atoms with Crippen LogP contribution in [0.4, 0.5) is 5.88 Å². The summed E-state index contributed by atoms with van der Waals surface area (Å²) in [6, 6.07) is 17.1. The van der Waals surface area contributed by atoms with E-state index in [0.717, 1.165) is 15.8 Å². The molecule has 6 nitrogen and oxygen atoms in total. The molecule has 0 unspecified atom stereocenters. The number of methoxy groups -OCH3 is 1. The van der Waals surface area contributed by atoms with Crippen molar-refractivity contribution in [2.24, 2.45) is 0 Å². The van der Waals surface area contributed by atoms with Crippen LogP contribution in [0.1, 0.15) is 17.1 Å². The number of nitrogens with one attached hydrogen (secondary N) is 1. The van der Waals surface area contributed by atoms with Gasteiger partial charge in [-0.1, -0.05) is 28.1 Å². The second-order valence-corrected chi connectivity index (χ2v) is 6.26. The summed E-state index contributed by atoms with van der Waals surface area (Å²) in [5.74, 6) is 2.15. The Morgan fingerprint density at radius 1 is 1.12 bits per heavy atom. The second kappa shape index (κ2) is 8.41. The Balaban J connectivity index is 1.62. The highest BCUT2D eigenvalue weighted by molar-refractivity contribution is 9.10. The van der Waals surface area contributed by atoms with Crippen molar-refractivity contribution in [1.82, 2.24) is 4.98 Å². The minimum Gasteiger partial charge on any atom is -0.497 e. The van der Waals surface area contributed by atoms with Crippen LogP contribution >= 0.6 is 15.9 Å². The Labute approximate surface area is 159 Å². The van der Waals surface area contributed by atoms with Gasteiger partial charge in [-0.15, -0.1) is 0 Å². The molecule has 3 aromatic rings. The number of hydrogen-bond acceptors (Lipinski definition) is 6. The number of aromatic nitrogens is 1. The molecule has 1 aromatic heterocycles. The minimum absolute atomic E-state index is 0.139.